The summed E-state index contributed by atoms with van der Waals surface area (Å²) in [4.78, 5) is 39.1. The van der Waals surface area contributed by atoms with Crippen molar-refractivity contribution in [2.45, 2.75) is 52.0 Å². The molecule has 3 amide bonds. The predicted molar refractivity (Wildman–Crippen MR) is 106 cm³/mol. The Labute approximate surface area is 165 Å². The summed E-state index contributed by atoms with van der Waals surface area (Å²) in [6, 6.07) is 7.65. The molecule has 1 aliphatic heterocycles. The van der Waals surface area contributed by atoms with Crippen molar-refractivity contribution in [3.8, 4) is 0 Å². The van der Waals surface area contributed by atoms with Crippen LogP contribution in [0.2, 0.25) is 0 Å². The first-order valence-corrected chi connectivity index (χ1v) is 10.1. The minimum absolute atomic E-state index is 0.0219. The van der Waals surface area contributed by atoms with Crippen LogP contribution in [0.1, 0.15) is 45.1 Å². The highest BCUT2D eigenvalue weighted by molar-refractivity contribution is 6.13. The van der Waals surface area contributed by atoms with Crippen molar-refractivity contribution in [2.75, 3.05) is 25.0 Å². The highest BCUT2D eigenvalue weighted by Crippen LogP contribution is 2.47. The Balaban J connectivity index is 1.54. The summed E-state index contributed by atoms with van der Waals surface area (Å²) in [7, 11) is 0. The SMILES string of the molecule is CCOC(=O)N1CCC(NC(=O)C2(C(=O)Nc3ccccc3CC)CC2)CC1. The first-order valence-electron chi connectivity index (χ1n) is 10.1. The Morgan fingerprint density at radius 3 is 2.39 bits per heavy atom. The van der Waals surface area contributed by atoms with E-state index in [9.17, 15) is 14.4 Å². The van der Waals surface area contributed by atoms with Gasteiger partial charge in [0.25, 0.3) is 0 Å². The van der Waals surface area contributed by atoms with E-state index in [1.165, 1.54) is 0 Å². The van der Waals surface area contributed by atoms with Crippen LogP contribution in [-0.2, 0) is 20.7 Å². The zero-order valence-corrected chi connectivity index (χ0v) is 16.6. The molecule has 152 valence electrons. The molecule has 1 aromatic rings. The van der Waals surface area contributed by atoms with Gasteiger partial charge in [-0.3, -0.25) is 9.59 Å². The molecular formula is C21H29N3O4. The number of anilines is 1. The minimum atomic E-state index is -0.959. The maximum absolute atomic E-state index is 12.8. The van der Waals surface area contributed by atoms with Gasteiger partial charge in [0.2, 0.25) is 11.8 Å². The van der Waals surface area contributed by atoms with E-state index in [4.69, 9.17) is 4.74 Å². The minimum Gasteiger partial charge on any atom is -0.450 e. The van der Waals surface area contributed by atoms with Crippen LogP contribution in [0.25, 0.3) is 0 Å². The summed E-state index contributed by atoms with van der Waals surface area (Å²) >= 11 is 0. The van der Waals surface area contributed by atoms with Gasteiger partial charge in [-0.25, -0.2) is 4.79 Å². The fourth-order valence-corrected chi connectivity index (χ4v) is 3.62. The van der Waals surface area contributed by atoms with Gasteiger partial charge in [-0.05, 0) is 50.7 Å². The number of ether oxygens (including phenoxy) is 1. The molecule has 0 radical (unpaired) electrons. The molecule has 2 N–H and O–H groups in total. The first-order chi connectivity index (χ1) is 13.5. The molecule has 0 spiro atoms. The molecule has 28 heavy (non-hydrogen) atoms. The molecule has 0 atom stereocenters. The van der Waals surface area contributed by atoms with Crippen LogP contribution in [0.4, 0.5) is 10.5 Å². The van der Waals surface area contributed by atoms with E-state index in [0.717, 1.165) is 17.7 Å². The lowest BCUT2D eigenvalue weighted by Gasteiger charge is -2.32. The number of benzene rings is 1. The molecule has 0 aromatic heterocycles. The van der Waals surface area contributed by atoms with Crippen LogP contribution in [0.5, 0.6) is 0 Å². The van der Waals surface area contributed by atoms with Crippen LogP contribution in [-0.4, -0.2) is 48.5 Å². The molecule has 7 heteroatoms. The van der Waals surface area contributed by atoms with Crippen molar-refractivity contribution < 1.29 is 19.1 Å². The van der Waals surface area contributed by atoms with Gasteiger partial charge >= 0.3 is 6.09 Å². The van der Waals surface area contributed by atoms with Gasteiger partial charge in [-0.15, -0.1) is 0 Å². The molecule has 0 bridgehead atoms. The van der Waals surface area contributed by atoms with E-state index in [0.29, 0.717) is 45.4 Å². The van der Waals surface area contributed by atoms with Crippen LogP contribution in [0.3, 0.4) is 0 Å². The van der Waals surface area contributed by atoms with Gasteiger partial charge in [-0.2, -0.15) is 0 Å². The smallest absolute Gasteiger partial charge is 0.409 e. The number of hydrogen-bond acceptors (Lipinski definition) is 4. The predicted octanol–water partition coefficient (Wildman–Crippen LogP) is 2.70. The summed E-state index contributed by atoms with van der Waals surface area (Å²) in [6.45, 7) is 5.27. The number of carbonyl (C=O) groups is 3. The number of carbonyl (C=O) groups excluding carboxylic acids is 3. The van der Waals surface area contributed by atoms with Gasteiger partial charge in [0.05, 0.1) is 6.61 Å². The van der Waals surface area contributed by atoms with Crippen LogP contribution in [0.15, 0.2) is 24.3 Å². The lowest BCUT2D eigenvalue weighted by Crippen LogP contribution is -2.50. The Morgan fingerprint density at radius 2 is 1.79 bits per heavy atom. The molecule has 0 unspecified atom stereocenters. The van der Waals surface area contributed by atoms with Crippen LogP contribution < -0.4 is 10.6 Å². The summed E-state index contributed by atoms with van der Waals surface area (Å²) < 4.78 is 5.02. The maximum Gasteiger partial charge on any atom is 0.409 e. The number of aryl methyl sites for hydroxylation is 1. The zero-order chi connectivity index (χ0) is 20.1. The van der Waals surface area contributed by atoms with Gasteiger partial charge in [0, 0.05) is 24.8 Å². The normalized spacial score (nSPS) is 18.3. The molecule has 2 fully saturated rings. The highest BCUT2D eigenvalue weighted by Gasteiger charge is 2.57. The van der Waals surface area contributed by atoms with E-state index < -0.39 is 5.41 Å². The van der Waals surface area contributed by atoms with E-state index in [2.05, 4.69) is 10.6 Å². The highest BCUT2D eigenvalue weighted by atomic mass is 16.6. The van der Waals surface area contributed by atoms with E-state index in [-0.39, 0.29) is 23.9 Å². The number of rotatable bonds is 6. The second-order valence-corrected chi connectivity index (χ2v) is 7.48. The van der Waals surface area contributed by atoms with Crippen molar-refractivity contribution in [3.63, 3.8) is 0 Å². The maximum atomic E-state index is 12.8. The number of hydrogen-bond donors (Lipinski definition) is 2. The Bertz CT molecular complexity index is 737. The van der Waals surface area contributed by atoms with Gasteiger partial charge in [-0.1, -0.05) is 25.1 Å². The molecule has 1 saturated heterocycles. The third-order valence-corrected chi connectivity index (χ3v) is 5.62. The monoisotopic (exact) mass is 387 g/mol. The molecule has 1 aliphatic carbocycles. The summed E-state index contributed by atoms with van der Waals surface area (Å²) in [5.74, 6) is -0.427. The Morgan fingerprint density at radius 1 is 1.11 bits per heavy atom. The number of piperidine rings is 1. The molecule has 1 saturated carbocycles. The summed E-state index contributed by atoms with van der Waals surface area (Å²) in [5.41, 5.74) is 0.870. The first kappa shape index (κ1) is 20.2. The third-order valence-electron chi connectivity index (χ3n) is 5.62. The van der Waals surface area contributed by atoms with Gasteiger partial charge in [0.15, 0.2) is 0 Å². The largest absolute Gasteiger partial charge is 0.450 e. The number of nitrogens with zero attached hydrogens (tertiary/aromatic N) is 1. The van der Waals surface area contributed by atoms with Crippen molar-refractivity contribution in [1.29, 1.82) is 0 Å². The fourth-order valence-electron chi connectivity index (χ4n) is 3.62. The molecule has 1 aromatic carbocycles. The van der Waals surface area contributed by atoms with Crippen molar-refractivity contribution in [2.24, 2.45) is 5.41 Å². The fraction of sp³-hybridized carbons (Fsp3) is 0.571. The summed E-state index contributed by atoms with van der Waals surface area (Å²) in [6.07, 6.45) is 2.98. The second kappa shape index (κ2) is 8.63. The molecule has 2 aliphatic rings. The zero-order valence-electron chi connectivity index (χ0n) is 16.6. The van der Waals surface area contributed by atoms with Gasteiger partial charge in [0.1, 0.15) is 5.41 Å². The quantitative estimate of drug-likeness (QED) is 0.735. The standard InChI is InChI=1S/C21H29N3O4/c1-3-15-7-5-6-8-17(15)23-19(26)21(11-12-21)18(25)22-16-9-13-24(14-10-16)20(27)28-4-2/h5-8,16H,3-4,9-14H2,1-2H3,(H,22,25)(H,23,26). The van der Waals surface area contributed by atoms with Crippen molar-refractivity contribution >= 4 is 23.6 Å². The average molecular weight is 387 g/mol. The van der Waals surface area contributed by atoms with E-state index in [1.54, 1.807) is 11.8 Å². The molecule has 3 rings (SSSR count). The third kappa shape index (κ3) is 4.29. The number of amides is 3. The molecule has 7 nitrogen and oxygen atoms in total. The average Bonchev–Trinajstić information content (AvgIpc) is 3.51. The van der Waals surface area contributed by atoms with E-state index >= 15 is 0 Å². The summed E-state index contributed by atoms with van der Waals surface area (Å²) in [5, 5.41) is 5.98. The molecule has 1 heterocycles. The van der Waals surface area contributed by atoms with Crippen LogP contribution in [0, 0.1) is 5.41 Å². The molecular weight excluding hydrogens is 358 g/mol. The second-order valence-electron chi connectivity index (χ2n) is 7.48. The Hall–Kier alpha value is -2.57. The van der Waals surface area contributed by atoms with E-state index in [1.807, 2.05) is 31.2 Å². The number of nitrogens with one attached hydrogen (secondary N) is 2. The van der Waals surface area contributed by atoms with Crippen LogP contribution >= 0.6 is 0 Å². The van der Waals surface area contributed by atoms with Crippen molar-refractivity contribution in [3.05, 3.63) is 29.8 Å². The number of para-hydroxylation sites is 1. The number of likely N-dealkylation sites (tertiary alicyclic amines) is 1. The lowest BCUT2D eigenvalue weighted by molar-refractivity contribution is -0.135. The van der Waals surface area contributed by atoms with Gasteiger partial charge < -0.3 is 20.3 Å². The topological polar surface area (TPSA) is 87.7 Å². The lowest BCUT2D eigenvalue weighted by atomic mass is 10.0. The Kier molecular flexibility index (Phi) is 6.21. The van der Waals surface area contributed by atoms with Crippen molar-refractivity contribution in [1.82, 2.24) is 10.2 Å².